The molecule has 0 aromatic heterocycles. The molecule has 0 spiro atoms. The zero-order chi connectivity index (χ0) is 17.0. The number of amides is 1. The molecule has 0 bridgehead atoms. The molecule has 2 N–H and O–H groups in total. The molecule has 6 heteroatoms. The lowest BCUT2D eigenvalue weighted by Crippen LogP contribution is -2.21. The molecule has 5 nitrogen and oxygen atoms in total. The highest BCUT2D eigenvalue weighted by Crippen LogP contribution is 2.22. The molecular formula is C17H16BrNO4. The van der Waals surface area contributed by atoms with Crippen LogP contribution in [0.25, 0.3) is 0 Å². The highest BCUT2D eigenvalue weighted by Gasteiger charge is 2.13. The maximum Gasteiger partial charge on any atom is 0.337 e. The molecule has 2 rings (SSSR count). The smallest absolute Gasteiger partial charge is 0.337 e. The van der Waals surface area contributed by atoms with Gasteiger partial charge in [-0.05, 0) is 49.2 Å². The Morgan fingerprint density at radius 1 is 1.17 bits per heavy atom. The van der Waals surface area contributed by atoms with Crippen LogP contribution in [0.1, 0.15) is 21.5 Å². The molecule has 1 amide bonds. The van der Waals surface area contributed by atoms with E-state index < -0.39 is 11.9 Å². The van der Waals surface area contributed by atoms with Crippen LogP contribution in [0.3, 0.4) is 0 Å². The molecule has 2 aromatic carbocycles. The summed E-state index contributed by atoms with van der Waals surface area (Å²) in [6, 6.07) is 10.4. The van der Waals surface area contributed by atoms with E-state index in [1.54, 1.807) is 6.07 Å². The first-order chi connectivity index (χ1) is 10.9. The van der Waals surface area contributed by atoms with E-state index in [9.17, 15) is 14.7 Å². The van der Waals surface area contributed by atoms with Crippen LogP contribution in [-0.2, 0) is 4.79 Å². The Bertz CT molecular complexity index is 758. The summed E-state index contributed by atoms with van der Waals surface area (Å²) >= 11 is 3.21. The summed E-state index contributed by atoms with van der Waals surface area (Å²) in [6.45, 7) is 3.64. The number of hydrogen-bond acceptors (Lipinski definition) is 3. The second-order valence-corrected chi connectivity index (χ2v) is 6.02. The number of carbonyl (C=O) groups is 2. The van der Waals surface area contributed by atoms with Gasteiger partial charge in [0.1, 0.15) is 5.75 Å². The van der Waals surface area contributed by atoms with Crippen LogP contribution < -0.4 is 10.1 Å². The van der Waals surface area contributed by atoms with Gasteiger partial charge in [-0.25, -0.2) is 4.79 Å². The van der Waals surface area contributed by atoms with Crippen LogP contribution in [-0.4, -0.2) is 23.6 Å². The summed E-state index contributed by atoms with van der Waals surface area (Å²) in [6.07, 6.45) is 0. The Morgan fingerprint density at radius 3 is 2.61 bits per heavy atom. The van der Waals surface area contributed by atoms with E-state index in [1.807, 2.05) is 32.0 Å². The van der Waals surface area contributed by atoms with Crippen molar-refractivity contribution in [3.8, 4) is 5.75 Å². The van der Waals surface area contributed by atoms with Crippen molar-refractivity contribution in [2.24, 2.45) is 0 Å². The van der Waals surface area contributed by atoms with Crippen molar-refractivity contribution < 1.29 is 19.4 Å². The second kappa shape index (κ2) is 7.28. The highest BCUT2D eigenvalue weighted by molar-refractivity contribution is 9.10. The van der Waals surface area contributed by atoms with Crippen LogP contribution >= 0.6 is 15.9 Å². The van der Waals surface area contributed by atoms with Gasteiger partial charge in [-0.1, -0.05) is 28.1 Å². The van der Waals surface area contributed by atoms with Gasteiger partial charge in [-0.15, -0.1) is 0 Å². The molecule has 23 heavy (non-hydrogen) atoms. The SMILES string of the molecule is Cc1ccc(C)c(OCC(=O)Nc2ccc(Br)cc2C(=O)O)c1. The molecule has 0 saturated heterocycles. The third-order valence-corrected chi connectivity index (χ3v) is 3.68. The summed E-state index contributed by atoms with van der Waals surface area (Å²) in [5.74, 6) is -0.901. The minimum atomic E-state index is -1.11. The maximum atomic E-state index is 12.0. The normalized spacial score (nSPS) is 10.2. The summed E-state index contributed by atoms with van der Waals surface area (Å²) in [5, 5.41) is 11.7. The minimum absolute atomic E-state index is 0.0134. The quantitative estimate of drug-likeness (QED) is 0.830. The monoisotopic (exact) mass is 377 g/mol. The topological polar surface area (TPSA) is 75.6 Å². The van der Waals surface area contributed by atoms with Gasteiger partial charge >= 0.3 is 5.97 Å². The first-order valence-electron chi connectivity index (χ1n) is 6.89. The first-order valence-corrected chi connectivity index (χ1v) is 7.69. The Morgan fingerprint density at radius 2 is 1.91 bits per heavy atom. The van der Waals surface area contributed by atoms with Gasteiger partial charge in [-0.2, -0.15) is 0 Å². The van der Waals surface area contributed by atoms with Crippen molar-refractivity contribution in [1.82, 2.24) is 0 Å². The van der Waals surface area contributed by atoms with Gasteiger partial charge in [0.15, 0.2) is 6.61 Å². The van der Waals surface area contributed by atoms with E-state index in [-0.39, 0.29) is 17.9 Å². The second-order valence-electron chi connectivity index (χ2n) is 5.10. The zero-order valence-corrected chi connectivity index (χ0v) is 14.3. The molecular weight excluding hydrogens is 362 g/mol. The minimum Gasteiger partial charge on any atom is -0.483 e. The number of carboxylic acids is 1. The average Bonchev–Trinajstić information content (AvgIpc) is 2.49. The van der Waals surface area contributed by atoms with E-state index in [4.69, 9.17) is 4.74 Å². The van der Waals surface area contributed by atoms with Crippen LogP contribution in [0.2, 0.25) is 0 Å². The van der Waals surface area contributed by atoms with Crippen molar-refractivity contribution >= 4 is 33.5 Å². The average molecular weight is 378 g/mol. The standard InChI is InChI=1S/C17H16BrNO4/c1-10-3-4-11(2)15(7-10)23-9-16(20)19-14-6-5-12(18)8-13(14)17(21)22/h3-8H,9H2,1-2H3,(H,19,20)(H,21,22). The number of carboxylic acid groups (broad SMARTS) is 1. The Hall–Kier alpha value is -2.34. The Labute approximate surface area is 142 Å². The number of carbonyl (C=O) groups excluding carboxylic acids is 1. The summed E-state index contributed by atoms with van der Waals surface area (Å²) in [5.41, 5.74) is 2.21. The largest absolute Gasteiger partial charge is 0.483 e. The number of benzene rings is 2. The van der Waals surface area contributed by atoms with Gasteiger partial charge in [0.05, 0.1) is 11.3 Å². The Kier molecular flexibility index (Phi) is 5.39. The van der Waals surface area contributed by atoms with Gasteiger partial charge in [0.25, 0.3) is 5.91 Å². The molecule has 0 aliphatic carbocycles. The van der Waals surface area contributed by atoms with Gasteiger partial charge in [-0.3, -0.25) is 4.79 Å². The number of ether oxygens (including phenoxy) is 1. The molecule has 0 unspecified atom stereocenters. The predicted octanol–water partition coefficient (Wildman–Crippen LogP) is 3.78. The predicted molar refractivity (Wildman–Crippen MR) is 91.1 cm³/mol. The van der Waals surface area contributed by atoms with E-state index in [0.717, 1.165) is 11.1 Å². The number of rotatable bonds is 5. The maximum absolute atomic E-state index is 12.0. The lowest BCUT2D eigenvalue weighted by atomic mass is 10.1. The van der Waals surface area contributed by atoms with Crippen LogP contribution in [0.15, 0.2) is 40.9 Å². The number of anilines is 1. The van der Waals surface area contributed by atoms with Gasteiger partial charge < -0.3 is 15.2 Å². The lowest BCUT2D eigenvalue weighted by molar-refractivity contribution is -0.118. The molecule has 0 atom stereocenters. The molecule has 0 heterocycles. The van der Waals surface area contributed by atoms with Gasteiger partial charge in [0, 0.05) is 4.47 Å². The Balaban J connectivity index is 2.06. The van der Waals surface area contributed by atoms with Crippen LogP contribution in [0, 0.1) is 13.8 Å². The summed E-state index contributed by atoms with van der Waals surface area (Å²) in [4.78, 5) is 23.2. The molecule has 0 aliphatic rings. The fraction of sp³-hybridized carbons (Fsp3) is 0.176. The van der Waals surface area contributed by atoms with E-state index >= 15 is 0 Å². The van der Waals surface area contributed by atoms with Crippen LogP contribution in [0.5, 0.6) is 5.75 Å². The van der Waals surface area contributed by atoms with Crippen molar-refractivity contribution in [3.63, 3.8) is 0 Å². The molecule has 2 aromatic rings. The third kappa shape index (κ3) is 4.56. The highest BCUT2D eigenvalue weighted by atomic mass is 79.9. The zero-order valence-electron chi connectivity index (χ0n) is 12.7. The van der Waals surface area contributed by atoms with Gasteiger partial charge in [0.2, 0.25) is 0 Å². The van der Waals surface area contributed by atoms with Crippen LogP contribution in [0.4, 0.5) is 5.69 Å². The lowest BCUT2D eigenvalue weighted by Gasteiger charge is -2.11. The molecule has 0 fully saturated rings. The fourth-order valence-electron chi connectivity index (χ4n) is 1.99. The molecule has 0 saturated carbocycles. The van der Waals surface area contributed by atoms with Crippen molar-refractivity contribution in [2.45, 2.75) is 13.8 Å². The number of hydrogen-bond donors (Lipinski definition) is 2. The first kappa shape index (κ1) is 17.0. The summed E-state index contributed by atoms with van der Waals surface area (Å²) in [7, 11) is 0. The number of nitrogens with one attached hydrogen (secondary N) is 1. The molecule has 0 radical (unpaired) electrons. The number of aryl methyl sites for hydroxylation is 2. The number of aromatic carboxylic acids is 1. The van der Waals surface area contributed by atoms with E-state index in [0.29, 0.717) is 10.2 Å². The third-order valence-electron chi connectivity index (χ3n) is 3.19. The van der Waals surface area contributed by atoms with Crippen molar-refractivity contribution in [3.05, 3.63) is 57.6 Å². The van der Waals surface area contributed by atoms with Crippen molar-refractivity contribution in [1.29, 1.82) is 0 Å². The molecule has 0 aliphatic heterocycles. The van der Waals surface area contributed by atoms with E-state index in [2.05, 4.69) is 21.2 Å². The van der Waals surface area contributed by atoms with E-state index in [1.165, 1.54) is 12.1 Å². The molecule has 120 valence electrons. The van der Waals surface area contributed by atoms with Crippen molar-refractivity contribution in [2.75, 3.05) is 11.9 Å². The number of halogens is 1. The summed E-state index contributed by atoms with van der Waals surface area (Å²) < 4.78 is 6.13. The fourth-order valence-corrected chi connectivity index (χ4v) is 2.36.